The highest BCUT2D eigenvalue weighted by Gasteiger charge is 2.56. The van der Waals surface area contributed by atoms with Gasteiger partial charge in [-0.3, -0.25) is 4.57 Å². The van der Waals surface area contributed by atoms with E-state index in [-0.39, 0.29) is 18.8 Å². The van der Waals surface area contributed by atoms with E-state index in [0.29, 0.717) is 11.3 Å². The Labute approximate surface area is 195 Å². The highest BCUT2D eigenvalue weighted by atomic mass is 31.2. The molecular weight excluding hydrogens is 423 g/mol. The maximum atomic E-state index is 11.8. The van der Waals surface area contributed by atoms with Crippen LogP contribution in [0.15, 0.2) is 0 Å². The zero-order valence-corrected chi connectivity index (χ0v) is 21.6. The lowest BCUT2D eigenvalue weighted by atomic mass is 9.47. The topological polar surface area (TPSA) is 78.8 Å². The standard InChI is InChI=1S/C26H47O5P/c1-17(2)31-32(28,29)30-15-5-6-18(3)21-9-10-23-22(21)11-12-25-24(23)8-7-19-16-20(27)13-14-26(19,25)4/h17-25,27H,5-16H2,1-4H3,(H,28,29)/p-1/t18-,19?,20-,21-,22?,23-,24+,25+,26+/m1/s1. The van der Waals surface area contributed by atoms with Crippen molar-refractivity contribution in [1.29, 1.82) is 0 Å². The van der Waals surface area contributed by atoms with E-state index >= 15 is 0 Å². The first-order valence-corrected chi connectivity index (χ1v) is 14.9. The van der Waals surface area contributed by atoms with Crippen LogP contribution in [0.3, 0.4) is 0 Å². The van der Waals surface area contributed by atoms with Gasteiger partial charge in [-0.15, -0.1) is 0 Å². The van der Waals surface area contributed by atoms with E-state index in [2.05, 4.69) is 13.8 Å². The molecule has 32 heavy (non-hydrogen) atoms. The molecular formula is C26H46O5P-. The monoisotopic (exact) mass is 469 g/mol. The van der Waals surface area contributed by atoms with Crippen molar-refractivity contribution in [2.24, 2.45) is 46.8 Å². The summed E-state index contributed by atoms with van der Waals surface area (Å²) < 4.78 is 21.7. The molecule has 5 nitrogen and oxygen atoms in total. The van der Waals surface area contributed by atoms with Crippen LogP contribution < -0.4 is 4.89 Å². The summed E-state index contributed by atoms with van der Waals surface area (Å²) in [4.78, 5) is 11.8. The van der Waals surface area contributed by atoms with Gasteiger partial charge < -0.3 is 19.0 Å². The van der Waals surface area contributed by atoms with E-state index in [4.69, 9.17) is 9.05 Å². The molecule has 10 atom stereocenters. The largest absolute Gasteiger partial charge is 0.756 e. The van der Waals surface area contributed by atoms with Crippen molar-refractivity contribution < 1.29 is 23.6 Å². The van der Waals surface area contributed by atoms with Crippen LogP contribution in [0.5, 0.6) is 0 Å². The normalized spacial score (nSPS) is 44.4. The average molecular weight is 470 g/mol. The summed E-state index contributed by atoms with van der Waals surface area (Å²) in [5.41, 5.74) is 0.457. The summed E-state index contributed by atoms with van der Waals surface area (Å²) in [6.07, 6.45) is 12.8. The Balaban J connectivity index is 1.29. The van der Waals surface area contributed by atoms with Gasteiger partial charge in [0.05, 0.1) is 18.8 Å². The molecule has 0 spiro atoms. The molecule has 4 rings (SSSR count). The van der Waals surface area contributed by atoms with Crippen molar-refractivity contribution in [2.75, 3.05) is 6.61 Å². The Bertz CT molecular complexity index is 683. The third-order valence-electron chi connectivity index (χ3n) is 10.1. The molecule has 6 heteroatoms. The summed E-state index contributed by atoms with van der Waals surface area (Å²) in [6.45, 7) is 8.57. The lowest BCUT2D eigenvalue weighted by Crippen LogP contribution is -2.52. The van der Waals surface area contributed by atoms with Crippen LogP contribution in [0.2, 0.25) is 0 Å². The van der Waals surface area contributed by atoms with E-state index in [1.54, 1.807) is 13.8 Å². The molecule has 0 aromatic rings. The minimum Gasteiger partial charge on any atom is -0.756 e. The van der Waals surface area contributed by atoms with Gasteiger partial charge in [0, 0.05) is 0 Å². The van der Waals surface area contributed by atoms with Gasteiger partial charge in [0.15, 0.2) is 0 Å². The highest BCUT2D eigenvalue weighted by Crippen LogP contribution is 2.64. The van der Waals surface area contributed by atoms with Crippen LogP contribution in [-0.4, -0.2) is 23.9 Å². The van der Waals surface area contributed by atoms with Crippen LogP contribution in [0.25, 0.3) is 0 Å². The second-order valence-electron chi connectivity index (χ2n) is 12.2. The van der Waals surface area contributed by atoms with Gasteiger partial charge in [-0.2, -0.15) is 0 Å². The van der Waals surface area contributed by atoms with Gasteiger partial charge in [0.1, 0.15) is 0 Å². The van der Waals surface area contributed by atoms with Crippen LogP contribution in [0.1, 0.15) is 98.3 Å². The van der Waals surface area contributed by atoms with Crippen LogP contribution >= 0.6 is 7.82 Å². The fraction of sp³-hybridized carbons (Fsp3) is 1.00. The van der Waals surface area contributed by atoms with E-state index < -0.39 is 7.82 Å². The quantitative estimate of drug-likeness (QED) is 0.351. The Morgan fingerprint density at radius 2 is 1.75 bits per heavy atom. The van der Waals surface area contributed by atoms with Gasteiger partial charge in [-0.25, -0.2) is 0 Å². The SMILES string of the molecule is CC(C)OP(=O)([O-])OCCC[C@@H](C)[C@H]1CC[C@@H]2C1CC[C@H]1[C@H]2CCC2C[C@H](O)CC[C@@]21C. The Morgan fingerprint density at radius 3 is 2.50 bits per heavy atom. The van der Waals surface area contributed by atoms with Crippen molar-refractivity contribution in [3.8, 4) is 0 Å². The molecule has 0 aromatic heterocycles. The number of rotatable bonds is 8. The number of phosphoric acid groups is 1. The molecule has 0 aromatic carbocycles. The third kappa shape index (κ3) is 5.18. The molecule has 4 fully saturated rings. The Morgan fingerprint density at radius 1 is 1.03 bits per heavy atom. The maximum Gasteiger partial charge on any atom is 0.268 e. The lowest BCUT2D eigenvalue weighted by molar-refractivity contribution is -0.228. The van der Waals surface area contributed by atoms with Crippen molar-refractivity contribution in [3.05, 3.63) is 0 Å². The van der Waals surface area contributed by atoms with Crippen LogP contribution in [0, 0.1) is 46.8 Å². The minimum absolute atomic E-state index is 0.0610. The Hall–Kier alpha value is 0.0700. The van der Waals surface area contributed by atoms with Gasteiger partial charge >= 0.3 is 0 Å². The molecule has 186 valence electrons. The molecule has 0 radical (unpaired) electrons. The molecule has 0 aliphatic heterocycles. The highest BCUT2D eigenvalue weighted by molar-refractivity contribution is 7.45. The second kappa shape index (κ2) is 9.97. The summed E-state index contributed by atoms with van der Waals surface area (Å²) in [7, 11) is -4.16. The third-order valence-corrected chi connectivity index (χ3v) is 11.3. The molecule has 1 N–H and O–H groups in total. The van der Waals surface area contributed by atoms with Gasteiger partial charge in [0.2, 0.25) is 0 Å². The Kier molecular flexibility index (Phi) is 7.85. The summed E-state index contributed by atoms with van der Waals surface area (Å²) >= 11 is 0. The molecule has 0 bridgehead atoms. The number of aliphatic hydroxyl groups is 1. The zero-order chi connectivity index (χ0) is 23.1. The molecule has 0 amide bonds. The zero-order valence-electron chi connectivity index (χ0n) is 20.7. The minimum atomic E-state index is -4.16. The molecule has 4 aliphatic rings. The summed E-state index contributed by atoms with van der Waals surface area (Å²) in [5.74, 6) is 5.65. The number of hydrogen-bond donors (Lipinski definition) is 1. The first-order chi connectivity index (χ1) is 15.1. The van der Waals surface area contributed by atoms with Crippen LogP contribution in [0.4, 0.5) is 0 Å². The van der Waals surface area contributed by atoms with Crippen molar-refractivity contribution in [3.63, 3.8) is 0 Å². The van der Waals surface area contributed by atoms with E-state index in [9.17, 15) is 14.6 Å². The number of phosphoric ester groups is 1. The summed E-state index contributed by atoms with van der Waals surface area (Å²) in [5, 5.41) is 10.2. The molecule has 4 saturated carbocycles. The number of hydrogen-bond acceptors (Lipinski definition) is 5. The van der Waals surface area contributed by atoms with E-state index in [1.165, 1.54) is 44.9 Å². The van der Waals surface area contributed by atoms with Gasteiger partial charge in [-0.1, -0.05) is 13.8 Å². The second-order valence-corrected chi connectivity index (χ2v) is 13.5. The van der Waals surface area contributed by atoms with Gasteiger partial charge in [0.25, 0.3) is 7.82 Å². The number of fused-ring (bicyclic) bond motifs is 5. The molecule has 0 saturated heterocycles. The predicted octanol–water partition coefficient (Wildman–Crippen LogP) is 5.94. The smallest absolute Gasteiger partial charge is 0.268 e. The van der Waals surface area contributed by atoms with Gasteiger partial charge in [-0.05, 0) is 131 Å². The predicted molar refractivity (Wildman–Crippen MR) is 125 cm³/mol. The lowest BCUT2D eigenvalue weighted by Gasteiger charge is -2.59. The first-order valence-electron chi connectivity index (χ1n) is 13.4. The summed E-state index contributed by atoms with van der Waals surface area (Å²) in [6, 6.07) is 0. The first kappa shape index (κ1) is 25.2. The van der Waals surface area contributed by atoms with Crippen LogP contribution in [-0.2, 0) is 13.6 Å². The molecule has 0 heterocycles. The fourth-order valence-electron chi connectivity index (χ4n) is 8.73. The molecule has 4 aliphatic carbocycles. The fourth-order valence-corrected chi connectivity index (χ4v) is 9.66. The maximum absolute atomic E-state index is 11.8. The van der Waals surface area contributed by atoms with Crippen molar-refractivity contribution >= 4 is 7.82 Å². The van der Waals surface area contributed by atoms with Crippen molar-refractivity contribution in [2.45, 2.75) is 111 Å². The number of aliphatic hydroxyl groups excluding tert-OH is 1. The van der Waals surface area contributed by atoms with Crippen molar-refractivity contribution in [1.82, 2.24) is 0 Å². The van der Waals surface area contributed by atoms with E-state index in [1.807, 2.05) is 0 Å². The average Bonchev–Trinajstić information content (AvgIpc) is 3.15. The molecule has 3 unspecified atom stereocenters. The van der Waals surface area contributed by atoms with E-state index in [0.717, 1.165) is 61.2 Å².